The molecule has 9 heteroatoms. The molecule has 0 saturated heterocycles. The molecule has 220 valence electrons. The van der Waals surface area contributed by atoms with Gasteiger partial charge in [0, 0.05) is 26.9 Å². The molecular weight excluding hydrogens is 582 g/mol. The van der Waals surface area contributed by atoms with Gasteiger partial charge in [0.15, 0.2) is 0 Å². The summed E-state index contributed by atoms with van der Waals surface area (Å²) in [5.41, 5.74) is 2.44. The van der Waals surface area contributed by atoms with E-state index in [9.17, 15) is 14.4 Å². The van der Waals surface area contributed by atoms with Crippen LogP contribution in [0.15, 0.2) is 114 Å². The van der Waals surface area contributed by atoms with Crippen LogP contribution in [0.4, 0.5) is 11.4 Å². The van der Waals surface area contributed by atoms with Gasteiger partial charge in [-0.1, -0.05) is 55.3 Å². The fourth-order valence-electron chi connectivity index (χ4n) is 3.82. The summed E-state index contributed by atoms with van der Waals surface area (Å²) in [4.78, 5) is 39.4. The Labute approximate surface area is 260 Å². The fourth-order valence-corrected chi connectivity index (χ4v) is 4.64. The van der Waals surface area contributed by atoms with Gasteiger partial charge >= 0.3 is 0 Å². The maximum absolute atomic E-state index is 13.2. The predicted octanol–water partition coefficient (Wildman–Crippen LogP) is 7.66. The quantitative estimate of drug-likeness (QED) is 0.0817. The topological polar surface area (TPSA) is 96.5 Å². The third kappa shape index (κ3) is 10.4. The molecule has 0 heterocycles. The minimum Gasteiger partial charge on any atom is -0.494 e. The van der Waals surface area contributed by atoms with Crippen LogP contribution in [-0.4, -0.2) is 30.1 Å². The number of anilines is 2. The lowest BCUT2D eigenvalue weighted by Gasteiger charge is -2.12. The molecule has 0 radical (unpaired) electrons. The van der Waals surface area contributed by atoms with Crippen molar-refractivity contribution in [2.75, 3.05) is 23.0 Å². The Balaban J connectivity index is 1.33. The summed E-state index contributed by atoms with van der Waals surface area (Å²) in [5.74, 6) is -0.0229. The van der Waals surface area contributed by atoms with Gasteiger partial charge in [-0.15, -0.1) is 11.8 Å². The van der Waals surface area contributed by atoms with Crippen molar-refractivity contribution < 1.29 is 19.1 Å². The van der Waals surface area contributed by atoms with Crippen molar-refractivity contribution in [3.63, 3.8) is 0 Å². The summed E-state index contributed by atoms with van der Waals surface area (Å²) in [6, 6.07) is 30.0. The molecule has 0 aliphatic heterocycles. The van der Waals surface area contributed by atoms with Gasteiger partial charge in [0.1, 0.15) is 11.4 Å². The molecule has 0 unspecified atom stereocenters. The van der Waals surface area contributed by atoms with Crippen LogP contribution in [0.1, 0.15) is 35.7 Å². The van der Waals surface area contributed by atoms with E-state index in [2.05, 4.69) is 22.9 Å². The lowest BCUT2D eigenvalue weighted by molar-refractivity contribution is -0.114. The Morgan fingerprint density at radius 3 is 2.14 bits per heavy atom. The second-order valence-corrected chi connectivity index (χ2v) is 11.0. The molecule has 0 aromatic heterocycles. The molecule has 0 aliphatic carbocycles. The molecule has 7 nitrogen and oxygen atoms in total. The smallest absolute Gasteiger partial charge is 0.272 e. The third-order valence-electron chi connectivity index (χ3n) is 6.10. The van der Waals surface area contributed by atoms with Gasteiger partial charge in [-0.3, -0.25) is 14.4 Å². The van der Waals surface area contributed by atoms with Crippen molar-refractivity contribution in [2.24, 2.45) is 0 Å². The van der Waals surface area contributed by atoms with Crippen molar-refractivity contribution in [3.8, 4) is 5.75 Å². The molecule has 4 aromatic rings. The molecule has 0 aliphatic rings. The summed E-state index contributed by atoms with van der Waals surface area (Å²) in [7, 11) is 0. The first-order valence-corrected chi connectivity index (χ1v) is 15.2. The lowest BCUT2D eigenvalue weighted by atomic mass is 10.1. The summed E-state index contributed by atoms with van der Waals surface area (Å²) < 4.78 is 5.66. The van der Waals surface area contributed by atoms with Crippen LogP contribution < -0.4 is 20.7 Å². The summed E-state index contributed by atoms with van der Waals surface area (Å²) >= 11 is 7.38. The van der Waals surface area contributed by atoms with Crippen molar-refractivity contribution in [3.05, 3.63) is 125 Å². The number of ether oxygens (including phenoxy) is 1. The number of hydrogen-bond acceptors (Lipinski definition) is 5. The second-order valence-electron chi connectivity index (χ2n) is 9.47. The van der Waals surface area contributed by atoms with Gasteiger partial charge in [-0.2, -0.15) is 0 Å². The SMILES string of the molecule is CCCCOc1ccc(NC(=O)CSc2ccc(NC(=O)/C(=C/c3ccc(Cl)cc3)NC(=O)c3ccccc3)cc2)cc1. The Kier molecular flexibility index (Phi) is 11.8. The molecule has 3 amide bonds. The van der Waals surface area contributed by atoms with Crippen LogP contribution in [0.3, 0.4) is 0 Å². The van der Waals surface area contributed by atoms with Crippen LogP contribution in [0, 0.1) is 0 Å². The number of benzene rings is 4. The number of hydrogen-bond donors (Lipinski definition) is 3. The maximum Gasteiger partial charge on any atom is 0.272 e. The zero-order valence-corrected chi connectivity index (χ0v) is 25.2. The predicted molar refractivity (Wildman–Crippen MR) is 175 cm³/mol. The van der Waals surface area contributed by atoms with Gasteiger partial charge in [-0.25, -0.2) is 0 Å². The number of nitrogens with one attached hydrogen (secondary N) is 3. The van der Waals surface area contributed by atoms with Crippen LogP contribution in [0.25, 0.3) is 6.08 Å². The standard InChI is InChI=1S/C34H32ClN3O4S/c1-2-3-21-42-29-17-13-27(14-18-29)36-32(39)23-43-30-19-15-28(16-20-30)37-34(41)31(22-24-9-11-26(35)12-10-24)38-33(40)25-7-5-4-6-8-25/h4-20,22H,2-3,21,23H2,1H3,(H,36,39)(H,37,41)(H,38,40)/b31-22-. The molecule has 4 aromatic carbocycles. The summed E-state index contributed by atoms with van der Waals surface area (Å²) in [6.07, 6.45) is 3.65. The average Bonchev–Trinajstić information content (AvgIpc) is 3.03. The molecule has 4 rings (SSSR count). The number of carbonyl (C=O) groups excluding carboxylic acids is 3. The van der Waals surface area contributed by atoms with Crippen molar-refractivity contribution in [1.82, 2.24) is 5.32 Å². The van der Waals surface area contributed by atoms with Gasteiger partial charge in [0.05, 0.1) is 12.4 Å². The van der Waals surface area contributed by atoms with Crippen LogP contribution in [-0.2, 0) is 9.59 Å². The van der Waals surface area contributed by atoms with Gasteiger partial charge < -0.3 is 20.7 Å². The molecule has 43 heavy (non-hydrogen) atoms. The minimum atomic E-state index is -0.485. The highest BCUT2D eigenvalue weighted by atomic mass is 35.5. The minimum absolute atomic E-state index is 0.0758. The van der Waals surface area contributed by atoms with Crippen LogP contribution >= 0.6 is 23.4 Å². The maximum atomic E-state index is 13.2. The Morgan fingerprint density at radius 1 is 0.814 bits per heavy atom. The largest absolute Gasteiger partial charge is 0.494 e. The first kappa shape index (κ1) is 31.4. The van der Waals surface area contributed by atoms with E-state index in [0.717, 1.165) is 23.5 Å². The monoisotopic (exact) mass is 613 g/mol. The number of rotatable bonds is 13. The zero-order valence-electron chi connectivity index (χ0n) is 23.6. The van der Waals surface area contributed by atoms with Crippen molar-refractivity contribution >= 4 is 58.5 Å². The van der Waals surface area contributed by atoms with Gasteiger partial charge in [0.25, 0.3) is 11.8 Å². The molecule has 0 saturated carbocycles. The van der Waals surface area contributed by atoms with E-state index in [0.29, 0.717) is 34.1 Å². The van der Waals surface area contributed by atoms with E-state index >= 15 is 0 Å². The van der Waals surface area contributed by atoms with Crippen molar-refractivity contribution in [1.29, 1.82) is 0 Å². The molecule has 0 fully saturated rings. The average molecular weight is 614 g/mol. The van der Waals surface area contributed by atoms with E-state index in [1.54, 1.807) is 66.7 Å². The second kappa shape index (κ2) is 16.2. The Morgan fingerprint density at radius 2 is 1.47 bits per heavy atom. The number of thioether (sulfide) groups is 1. The zero-order chi connectivity index (χ0) is 30.4. The van der Waals surface area contributed by atoms with Crippen LogP contribution in [0.2, 0.25) is 5.02 Å². The molecule has 0 spiro atoms. The number of unbranched alkanes of at least 4 members (excludes halogenated alkanes) is 1. The molecule has 3 N–H and O–H groups in total. The van der Waals surface area contributed by atoms with Crippen molar-refractivity contribution in [2.45, 2.75) is 24.7 Å². The third-order valence-corrected chi connectivity index (χ3v) is 7.36. The fraction of sp³-hybridized carbons (Fsp3) is 0.147. The Hall–Kier alpha value is -4.53. The van der Waals surface area contributed by atoms with E-state index < -0.39 is 11.8 Å². The van der Waals surface area contributed by atoms with Crippen LogP contribution in [0.5, 0.6) is 5.75 Å². The molecule has 0 bridgehead atoms. The lowest BCUT2D eigenvalue weighted by Crippen LogP contribution is -2.30. The Bertz CT molecular complexity index is 1540. The first-order valence-electron chi connectivity index (χ1n) is 13.8. The summed E-state index contributed by atoms with van der Waals surface area (Å²) in [6.45, 7) is 2.79. The number of carbonyl (C=O) groups is 3. The van der Waals surface area contributed by atoms with E-state index in [1.807, 2.05) is 42.5 Å². The molecular formula is C34H32ClN3O4S. The highest BCUT2D eigenvalue weighted by Crippen LogP contribution is 2.22. The summed E-state index contributed by atoms with van der Waals surface area (Å²) in [5, 5.41) is 9.00. The normalized spacial score (nSPS) is 11.0. The highest BCUT2D eigenvalue weighted by Gasteiger charge is 2.15. The van der Waals surface area contributed by atoms with E-state index in [1.165, 1.54) is 11.8 Å². The highest BCUT2D eigenvalue weighted by molar-refractivity contribution is 8.00. The van der Waals surface area contributed by atoms with Gasteiger partial charge in [0.2, 0.25) is 5.91 Å². The number of amides is 3. The number of halogens is 1. The van der Waals surface area contributed by atoms with E-state index in [4.69, 9.17) is 16.3 Å². The molecule has 0 atom stereocenters. The van der Waals surface area contributed by atoms with E-state index in [-0.39, 0.29) is 17.4 Å². The first-order chi connectivity index (χ1) is 20.9. The van der Waals surface area contributed by atoms with Gasteiger partial charge in [-0.05, 0) is 90.9 Å².